The minimum Gasteiger partial charge on any atom is -0.489 e. The van der Waals surface area contributed by atoms with Gasteiger partial charge in [0.2, 0.25) is 5.95 Å². The summed E-state index contributed by atoms with van der Waals surface area (Å²) < 4.78 is 5.86. The molecule has 0 aliphatic carbocycles. The summed E-state index contributed by atoms with van der Waals surface area (Å²) in [6.07, 6.45) is 0.0743. The molecule has 3 aromatic rings. The van der Waals surface area contributed by atoms with E-state index in [1.165, 1.54) is 0 Å². The second-order valence-corrected chi connectivity index (χ2v) is 6.76. The zero-order valence-corrected chi connectivity index (χ0v) is 16.5. The van der Waals surface area contributed by atoms with Gasteiger partial charge < -0.3 is 15.4 Å². The number of nitrogens with one attached hydrogen (secondary N) is 2. The van der Waals surface area contributed by atoms with Crippen molar-refractivity contribution in [3.05, 3.63) is 65.9 Å². The highest BCUT2D eigenvalue weighted by Gasteiger charge is 2.08. The molecule has 0 bridgehead atoms. The summed E-state index contributed by atoms with van der Waals surface area (Å²) >= 11 is 0. The van der Waals surface area contributed by atoms with Crippen LogP contribution in [0.15, 0.2) is 54.6 Å². The fourth-order valence-corrected chi connectivity index (χ4v) is 2.67. The van der Waals surface area contributed by atoms with Crippen LogP contribution in [-0.2, 0) is 0 Å². The van der Waals surface area contributed by atoms with Crippen molar-refractivity contribution < 1.29 is 9.53 Å². The number of aromatic nitrogens is 2. The monoisotopic (exact) mass is 376 g/mol. The largest absolute Gasteiger partial charge is 0.489 e. The normalized spacial score (nSPS) is 10.6. The molecule has 6 nitrogen and oxygen atoms in total. The molecule has 2 aromatic carbocycles. The molecule has 0 saturated carbocycles. The van der Waals surface area contributed by atoms with Crippen LogP contribution in [0.25, 0.3) is 0 Å². The zero-order chi connectivity index (χ0) is 20.1. The van der Waals surface area contributed by atoms with Crippen molar-refractivity contribution in [1.29, 1.82) is 0 Å². The third kappa shape index (κ3) is 5.07. The highest BCUT2D eigenvalue weighted by Crippen LogP contribution is 2.28. The summed E-state index contributed by atoms with van der Waals surface area (Å²) in [5.41, 5.74) is 3.14. The van der Waals surface area contributed by atoms with Crippen LogP contribution in [0, 0.1) is 6.92 Å². The number of carbonyl (C=O) groups excluding carboxylic acids is 1. The number of hydrogen-bond donors (Lipinski definition) is 2. The van der Waals surface area contributed by atoms with Gasteiger partial charge in [0.25, 0.3) is 0 Å². The van der Waals surface area contributed by atoms with Gasteiger partial charge in [0.1, 0.15) is 11.6 Å². The van der Waals surface area contributed by atoms with Crippen molar-refractivity contribution in [3.63, 3.8) is 0 Å². The van der Waals surface area contributed by atoms with E-state index in [4.69, 9.17) is 4.74 Å². The van der Waals surface area contributed by atoms with Crippen LogP contribution in [0.1, 0.15) is 36.8 Å². The van der Waals surface area contributed by atoms with E-state index in [1.807, 2.05) is 63.2 Å². The van der Waals surface area contributed by atoms with Gasteiger partial charge in [0, 0.05) is 23.0 Å². The maximum atomic E-state index is 11.4. The lowest BCUT2D eigenvalue weighted by Gasteiger charge is -2.16. The average Bonchev–Trinajstić information content (AvgIpc) is 2.63. The number of ketones is 1. The molecule has 144 valence electrons. The van der Waals surface area contributed by atoms with Crippen LogP contribution in [0.2, 0.25) is 0 Å². The van der Waals surface area contributed by atoms with E-state index < -0.39 is 0 Å². The quantitative estimate of drug-likeness (QED) is 0.548. The Labute approximate surface area is 165 Å². The first-order valence-corrected chi connectivity index (χ1v) is 9.17. The molecule has 0 atom stereocenters. The molecule has 28 heavy (non-hydrogen) atoms. The zero-order valence-electron chi connectivity index (χ0n) is 16.5. The van der Waals surface area contributed by atoms with E-state index in [1.54, 1.807) is 19.1 Å². The minimum absolute atomic E-state index is 0.0344. The SMILES string of the molecule is CC(=O)c1ccc(Nc2nc(C)cc(Nc3ccccc3OC(C)C)n2)cc1. The number of anilines is 4. The fraction of sp³-hybridized carbons (Fsp3) is 0.227. The van der Waals surface area contributed by atoms with Crippen molar-refractivity contribution in [3.8, 4) is 5.75 Å². The molecule has 0 unspecified atom stereocenters. The fourth-order valence-electron chi connectivity index (χ4n) is 2.67. The average molecular weight is 376 g/mol. The molecule has 0 aliphatic rings. The molecule has 0 amide bonds. The Morgan fingerprint density at radius 3 is 2.39 bits per heavy atom. The molecule has 2 N–H and O–H groups in total. The Balaban J connectivity index is 1.81. The smallest absolute Gasteiger partial charge is 0.229 e. The van der Waals surface area contributed by atoms with Crippen molar-refractivity contribution in [2.45, 2.75) is 33.8 Å². The maximum Gasteiger partial charge on any atom is 0.229 e. The summed E-state index contributed by atoms with van der Waals surface area (Å²) in [5.74, 6) is 1.94. The molecule has 0 spiro atoms. The van der Waals surface area contributed by atoms with Crippen molar-refractivity contribution in [1.82, 2.24) is 9.97 Å². The van der Waals surface area contributed by atoms with Gasteiger partial charge in [-0.1, -0.05) is 12.1 Å². The Kier molecular flexibility index (Phi) is 5.89. The molecule has 0 fully saturated rings. The molecular weight excluding hydrogens is 352 g/mol. The second kappa shape index (κ2) is 8.52. The van der Waals surface area contributed by atoms with Crippen LogP contribution in [0.5, 0.6) is 5.75 Å². The Morgan fingerprint density at radius 1 is 1.00 bits per heavy atom. The lowest BCUT2D eigenvalue weighted by atomic mass is 10.1. The van der Waals surface area contributed by atoms with Crippen LogP contribution < -0.4 is 15.4 Å². The molecule has 6 heteroatoms. The predicted octanol–water partition coefficient (Wildman–Crippen LogP) is 5.26. The van der Waals surface area contributed by atoms with Crippen LogP contribution in [0.4, 0.5) is 23.1 Å². The molecule has 0 aliphatic heterocycles. The molecule has 0 saturated heterocycles. The summed E-state index contributed by atoms with van der Waals surface area (Å²) in [6.45, 7) is 7.44. The van der Waals surface area contributed by atoms with Gasteiger partial charge in [-0.2, -0.15) is 4.98 Å². The number of ether oxygens (including phenoxy) is 1. The first kappa shape index (κ1) is 19.4. The number of rotatable bonds is 7. The van der Waals surface area contributed by atoms with Gasteiger partial charge in [0.15, 0.2) is 5.78 Å². The summed E-state index contributed by atoms with van der Waals surface area (Å²) in [5, 5.41) is 6.49. The third-order valence-corrected chi connectivity index (χ3v) is 3.91. The number of nitrogens with zero attached hydrogens (tertiary/aromatic N) is 2. The third-order valence-electron chi connectivity index (χ3n) is 3.91. The Hall–Kier alpha value is -3.41. The van der Waals surface area contributed by atoms with E-state index in [-0.39, 0.29) is 11.9 Å². The highest BCUT2D eigenvalue weighted by atomic mass is 16.5. The van der Waals surface area contributed by atoms with E-state index in [0.717, 1.165) is 22.8 Å². The van der Waals surface area contributed by atoms with Crippen molar-refractivity contribution in [2.24, 2.45) is 0 Å². The molecule has 1 aromatic heterocycles. The first-order valence-electron chi connectivity index (χ1n) is 9.17. The number of benzene rings is 2. The van der Waals surface area contributed by atoms with Gasteiger partial charge in [0.05, 0.1) is 11.8 Å². The summed E-state index contributed by atoms with van der Waals surface area (Å²) in [7, 11) is 0. The summed E-state index contributed by atoms with van der Waals surface area (Å²) in [6, 6.07) is 16.8. The van der Waals surface area contributed by atoms with Gasteiger partial charge in [-0.25, -0.2) is 4.98 Å². The molecular formula is C22H24N4O2. The van der Waals surface area contributed by atoms with Gasteiger partial charge in [-0.05, 0) is 64.1 Å². The van der Waals surface area contributed by atoms with Gasteiger partial charge in [-0.15, -0.1) is 0 Å². The van der Waals surface area contributed by atoms with Crippen molar-refractivity contribution in [2.75, 3.05) is 10.6 Å². The predicted molar refractivity (Wildman–Crippen MR) is 112 cm³/mol. The van der Waals surface area contributed by atoms with E-state index in [9.17, 15) is 4.79 Å². The van der Waals surface area contributed by atoms with Gasteiger partial charge >= 0.3 is 0 Å². The highest BCUT2D eigenvalue weighted by molar-refractivity contribution is 5.94. The van der Waals surface area contributed by atoms with E-state index >= 15 is 0 Å². The number of hydrogen-bond acceptors (Lipinski definition) is 6. The van der Waals surface area contributed by atoms with Crippen LogP contribution >= 0.6 is 0 Å². The van der Waals surface area contributed by atoms with Crippen molar-refractivity contribution >= 4 is 28.9 Å². The first-order chi connectivity index (χ1) is 13.4. The number of aryl methyl sites for hydroxylation is 1. The van der Waals surface area contributed by atoms with Crippen LogP contribution in [0.3, 0.4) is 0 Å². The Bertz CT molecular complexity index is 969. The Morgan fingerprint density at radius 2 is 1.71 bits per heavy atom. The maximum absolute atomic E-state index is 11.4. The number of carbonyl (C=O) groups is 1. The second-order valence-electron chi connectivity index (χ2n) is 6.76. The molecule has 0 radical (unpaired) electrons. The number of Topliss-reactive ketones (excluding diaryl/α,β-unsaturated/α-hetero) is 1. The summed E-state index contributed by atoms with van der Waals surface area (Å²) in [4.78, 5) is 20.4. The lowest BCUT2D eigenvalue weighted by Crippen LogP contribution is -2.08. The standard InChI is InChI=1S/C22H24N4O2/c1-14(2)28-20-8-6-5-7-19(20)25-21-13-15(3)23-22(26-21)24-18-11-9-17(10-12-18)16(4)27/h5-14H,1-4H3,(H2,23,24,25,26). The van der Waals surface area contributed by atoms with Gasteiger partial charge in [-0.3, -0.25) is 4.79 Å². The minimum atomic E-state index is 0.0344. The molecule has 3 rings (SSSR count). The topological polar surface area (TPSA) is 76.1 Å². The van der Waals surface area contributed by atoms with Crippen LogP contribution in [-0.4, -0.2) is 21.9 Å². The van der Waals surface area contributed by atoms with E-state index in [2.05, 4.69) is 20.6 Å². The lowest BCUT2D eigenvalue weighted by molar-refractivity contribution is 0.101. The molecule has 1 heterocycles. The number of para-hydroxylation sites is 2. The van der Waals surface area contributed by atoms with E-state index in [0.29, 0.717) is 17.3 Å².